The third-order valence-electron chi connectivity index (χ3n) is 5.45. The molecule has 0 aliphatic heterocycles. The summed E-state index contributed by atoms with van der Waals surface area (Å²) in [5.74, 6) is -0.375. The van der Waals surface area contributed by atoms with Crippen LogP contribution in [0.2, 0.25) is 0 Å². The number of thioether (sulfide) groups is 1. The standard InChI is InChI=1S/C28H22N4O2S2/c1-18-31-32-28(35-18)30-27(34)25(20-9-3-2-4-10-20)36-24-13-7-12-23(17-24)29-26(33)22-15-14-19-8-5-6-11-21(19)16-22/h2-17,25H,1H3,(H,29,33)(H,30,32,34). The molecule has 2 N–H and O–H groups in total. The average molecular weight is 511 g/mol. The van der Waals surface area contributed by atoms with Gasteiger partial charge in [0.25, 0.3) is 5.91 Å². The second kappa shape index (κ2) is 10.7. The molecule has 0 bridgehead atoms. The molecule has 1 heterocycles. The number of hydrogen-bond donors (Lipinski definition) is 2. The van der Waals surface area contributed by atoms with E-state index in [0.717, 1.165) is 26.2 Å². The fourth-order valence-corrected chi connectivity index (χ4v) is 5.41. The molecule has 0 spiro atoms. The Bertz CT molecular complexity index is 1540. The molecule has 2 amide bonds. The van der Waals surface area contributed by atoms with E-state index in [1.54, 1.807) is 0 Å². The summed E-state index contributed by atoms with van der Waals surface area (Å²) in [5, 5.41) is 16.7. The van der Waals surface area contributed by atoms with E-state index in [2.05, 4.69) is 20.8 Å². The Hall–Kier alpha value is -4.01. The van der Waals surface area contributed by atoms with E-state index in [4.69, 9.17) is 0 Å². The molecule has 0 fully saturated rings. The van der Waals surface area contributed by atoms with Gasteiger partial charge in [0.1, 0.15) is 10.3 Å². The van der Waals surface area contributed by atoms with Gasteiger partial charge in [-0.1, -0.05) is 78.1 Å². The number of amides is 2. The quantitative estimate of drug-likeness (QED) is 0.237. The predicted molar refractivity (Wildman–Crippen MR) is 147 cm³/mol. The normalized spacial score (nSPS) is 11.7. The maximum absolute atomic E-state index is 13.2. The number of carbonyl (C=O) groups excluding carboxylic acids is 2. The van der Waals surface area contributed by atoms with Gasteiger partial charge in [0.2, 0.25) is 11.0 Å². The molecule has 4 aromatic carbocycles. The smallest absolute Gasteiger partial charge is 0.255 e. The lowest BCUT2D eigenvalue weighted by molar-refractivity contribution is -0.115. The summed E-state index contributed by atoms with van der Waals surface area (Å²) >= 11 is 2.74. The molecule has 0 aliphatic rings. The minimum absolute atomic E-state index is 0.187. The maximum atomic E-state index is 13.2. The fraction of sp³-hybridized carbons (Fsp3) is 0.0714. The van der Waals surface area contributed by atoms with E-state index in [1.807, 2.05) is 104 Å². The van der Waals surface area contributed by atoms with Crippen LogP contribution >= 0.6 is 23.1 Å². The van der Waals surface area contributed by atoms with Crippen molar-refractivity contribution in [2.75, 3.05) is 10.6 Å². The monoisotopic (exact) mass is 510 g/mol. The molecule has 0 radical (unpaired) electrons. The molecular weight excluding hydrogens is 488 g/mol. The van der Waals surface area contributed by atoms with E-state index < -0.39 is 5.25 Å². The minimum Gasteiger partial charge on any atom is -0.322 e. The van der Waals surface area contributed by atoms with Crippen molar-refractivity contribution in [2.45, 2.75) is 17.1 Å². The van der Waals surface area contributed by atoms with Crippen LogP contribution < -0.4 is 10.6 Å². The molecule has 0 saturated heterocycles. The van der Waals surface area contributed by atoms with E-state index >= 15 is 0 Å². The zero-order valence-corrected chi connectivity index (χ0v) is 21.0. The van der Waals surface area contributed by atoms with Crippen LogP contribution in [0.25, 0.3) is 10.8 Å². The van der Waals surface area contributed by atoms with Crippen molar-refractivity contribution in [3.05, 3.63) is 113 Å². The Kier molecular flexibility index (Phi) is 7.06. The molecule has 5 aromatic rings. The summed E-state index contributed by atoms with van der Waals surface area (Å²) in [7, 11) is 0. The van der Waals surface area contributed by atoms with Gasteiger partial charge >= 0.3 is 0 Å². The van der Waals surface area contributed by atoms with Crippen molar-refractivity contribution in [1.82, 2.24) is 10.2 Å². The molecular formula is C28H22N4O2S2. The number of carbonyl (C=O) groups is 2. The van der Waals surface area contributed by atoms with Gasteiger partial charge < -0.3 is 5.32 Å². The summed E-state index contributed by atoms with van der Waals surface area (Å²) < 4.78 is 0. The molecule has 6 nitrogen and oxygen atoms in total. The SMILES string of the molecule is Cc1nnc(NC(=O)C(Sc2cccc(NC(=O)c3ccc4ccccc4c3)c2)c2ccccc2)s1. The molecule has 1 atom stereocenters. The summed E-state index contributed by atoms with van der Waals surface area (Å²) in [6, 6.07) is 30.7. The lowest BCUT2D eigenvalue weighted by atomic mass is 10.1. The van der Waals surface area contributed by atoms with Crippen LogP contribution in [0.4, 0.5) is 10.8 Å². The largest absolute Gasteiger partial charge is 0.322 e. The van der Waals surface area contributed by atoms with Crippen LogP contribution in [-0.4, -0.2) is 22.0 Å². The number of nitrogens with zero attached hydrogens (tertiary/aromatic N) is 2. The highest BCUT2D eigenvalue weighted by Gasteiger charge is 2.23. The van der Waals surface area contributed by atoms with E-state index in [-0.39, 0.29) is 11.8 Å². The first kappa shape index (κ1) is 23.7. The molecule has 8 heteroatoms. The van der Waals surface area contributed by atoms with Crippen molar-refractivity contribution in [2.24, 2.45) is 0 Å². The zero-order valence-electron chi connectivity index (χ0n) is 19.3. The van der Waals surface area contributed by atoms with Gasteiger partial charge in [-0.25, -0.2) is 0 Å². The molecule has 1 aromatic heterocycles. The topological polar surface area (TPSA) is 84.0 Å². The summed E-state index contributed by atoms with van der Waals surface area (Å²) in [5.41, 5.74) is 2.11. The van der Waals surface area contributed by atoms with Crippen molar-refractivity contribution in [3.8, 4) is 0 Å². The number of anilines is 2. The van der Waals surface area contributed by atoms with Crippen LogP contribution in [-0.2, 0) is 4.79 Å². The number of nitrogens with one attached hydrogen (secondary N) is 2. The Morgan fingerprint density at radius 3 is 2.36 bits per heavy atom. The van der Waals surface area contributed by atoms with Crippen molar-refractivity contribution >= 4 is 56.5 Å². The number of fused-ring (bicyclic) bond motifs is 1. The first-order valence-electron chi connectivity index (χ1n) is 11.3. The average Bonchev–Trinajstić information content (AvgIpc) is 3.31. The van der Waals surface area contributed by atoms with Gasteiger partial charge in [-0.15, -0.1) is 22.0 Å². The number of aryl methyl sites for hydroxylation is 1. The fourth-order valence-electron chi connectivity index (χ4n) is 3.74. The van der Waals surface area contributed by atoms with Gasteiger partial charge in [-0.2, -0.15) is 0 Å². The summed E-state index contributed by atoms with van der Waals surface area (Å²) in [4.78, 5) is 27.0. The van der Waals surface area contributed by atoms with Gasteiger partial charge in [0.05, 0.1) is 0 Å². The van der Waals surface area contributed by atoms with Crippen molar-refractivity contribution < 1.29 is 9.59 Å². The Labute approximate surface area is 216 Å². The van der Waals surface area contributed by atoms with Crippen molar-refractivity contribution in [1.29, 1.82) is 0 Å². The van der Waals surface area contributed by atoms with Crippen LogP contribution in [0.15, 0.2) is 102 Å². The lowest BCUT2D eigenvalue weighted by Crippen LogP contribution is -2.19. The molecule has 0 saturated carbocycles. The predicted octanol–water partition coefficient (Wildman–Crippen LogP) is 6.72. The van der Waals surface area contributed by atoms with Gasteiger partial charge in [-0.3, -0.25) is 14.9 Å². The lowest BCUT2D eigenvalue weighted by Gasteiger charge is -2.16. The Balaban J connectivity index is 1.35. The third kappa shape index (κ3) is 5.62. The molecule has 1 unspecified atom stereocenters. The van der Waals surface area contributed by atoms with Crippen LogP contribution in [0, 0.1) is 6.92 Å². The van der Waals surface area contributed by atoms with Gasteiger partial charge in [-0.05, 0) is 53.6 Å². The Morgan fingerprint density at radius 2 is 1.58 bits per heavy atom. The van der Waals surface area contributed by atoms with Crippen LogP contribution in [0.3, 0.4) is 0 Å². The van der Waals surface area contributed by atoms with Gasteiger partial charge in [0.15, 0.2) is 0 Å². The second-order valence-corrected chi connectivity index (χ2v) is 10.4. The highest BCUT2D eigenvalue weighted by molar-refractivity contribution is 8.00. The van der Waals surface area contributed by atoms with E-state index in [9.17, 15) is 9.59 Å². The Morgan fingerprint density at radius 1 is 0.806 bits per heavy atom. The highest BCUT2D eigenvalue weighted by Crippen LogP contribution is 2.37. The number of aromatic nitrogens is 2. The molecule has 36 heavy (non-hydrogen) atoms. The van der Waals surface area contributed by atoms with Crippen LogP contribution in [0.1, 0.15) is 26.2 Å². The second-order valence-electron chi connectivity index (χ2n) is 8.07. The highest BCUT2D eigenvalue weighted by atomic mass is 32.2. The minimum atomic E-state index is -0.512. The molecule has 178 valence electrons. The van der Waals surface area contributed by atoms with E-state index in [1.165, 1.54) is 23.1 Å². The number of hydrogen-bond acceptors (Lipinski definition) is 6. The first-order valence-corrected chi connectivity index (χ1v) is 13.0. The number of benzene rings is 4. The van der Waals surface area contributed by atoms with Crippen molar-refractivity contribution in [3.63, 3.8) is 0 Å². The zero-order chi connectivity index (χ0) is 24.9. The maximum Gasteiger partial charge on any atom is 0.255 e. The van der Waals surface area contributed by atoms with Crippen LogP contribution in [0.5, 0.6) is 0 Å². The summed E-state index contributed by atoms with van der Waals surface area (Å²) in [6.07, 6.45) is 0. The molecule has 0 aliphatic carbocycles. The number of rotatable bonds is 7. The first-order chi connectivity index (χ1) is 17.5. The van der Waals surface area contributed by atoms with Gasteiger partial charge in [0, 0.05) is 16.1 Å². The third-order valence-corrected chi connectivity index (χ3v) is 7.46. The van der Waals surface area contributed by atoms with E-state index in [0.29, 0.717) is 16.4 Å². The summed E-state index contributed by atoms with van der Waals surface area (Å²) in [6.45, 7) is 1.84. The molecule has 5 rings (SSSR count).